The summed E-state index contributed by atoms with van der Waals surface area (Å²) in [4.78, 5) is 0. The zero-order valence-corrected chi connectivity index (χ0v) is 11.0. The molecular formula is C14H21NO3. The molecule has 1 saturated carbocycles. The number of methoxy groups -OCH3 is 2. The molecule has 0 bridgehead atoms. The van der Waals surface area contributed by atoms with Gasteiger partial charge in [0, 0.05) is 19.7 Å². The molecule has 2 atom stereocenters. The number of ether oxygens (including phenoxy) is 2. The van der Waals surface area contributed by atoms with Gasteiger partial charge in [-0.15, -0.1) is 0 Å². The van der Waals surface area contributed by atoms with Gasteiger partial charge in [-0.2, -0.15) is 0 Å². The van der Waals surface area contributed by atoms with Crippen molar-refractivity contribution in [1.29, 1.82) is 0 Å². The van der Waals surface area contributed by atoms with Gasteiger partial charge in [0.15, 0.2) is 11.5 Å². The van der Waals surface area contributed by atoms with Crippen LogP contribution in [0.15, 0.2) is 18.2 Å². The fraction of sp³-hybridized carbons (Fsp3) is 0.571. The van der Waals surface area contributed by atoms with Crippen LogP contribution in [0.1, 0.15) is 24.8 Å². The lowest BCUT2D eigenvalue weighted by Crippen LogP contribution is -2.26. The average Bonchev–Trinajstić information content (AvgIpc) is 2.84. The maximum atomic E-state index is 9.69. The quantitative estimate of drug-likeness (QED) is 0.841. The van der Waals surface area contributed by atoms with Gasteiger partial charge in [0.2, 0.25) is 0 Å². The topological polar surface area (TPSA) is 50.7 Å². The third-order valence-electron chi connectivity index (χ3n) is 3.56. The van der Waals surface area contributed by atoms with Crippen molar-refractivity contribution in [1.82, 2.24) is 5.32 Å². The number of hydrogen-bond donors (Lipinski definition) is 2. The smallest absolute Gasteiger partial charge is 0.160 e. The Bertz CT molecular complexity index is 395. The fourth-order valence-corrected chi connectivity index (χ4v) is 2.45. The molecule has 1 fully saturated rings. The lowest BCUT2D eigenvalue weighted by atomic mass is 10.1. The van der Waals surface area contributed by atoms with Crippen LogP contribution in [0.25, 0.3) is 0 Å². The summed E-state index contributed by atoms with van der Waals surface area (Å²) in [6.45, 7) is 0.763. The van der Waals surface area contributed by atoms with Gasteiger partial charge >= 0.3 is 0 Å². The number of phenols is 1. The molecule has 100 valence electrons. The zero-order valence-electron chi connectivity index (χ0n) is 11.0. The monoisotopic (exact) mass is 251 g/mol. The number of phenolic OH excluding ortho intramolecular Hbond substituents is 1. The largest absolute Gasteiger partial charge is 0.504 e. The van der Waals surface area contributed by atoms with E-state index in [4.69, 9.17) is 9.47 Å². The Kier molecular flexibility index (Phi) is 4.44. The van der Waals surface area contributed by atoms with Crippen molar-refractivity contribution in [3.05, 3.63) is 23.8 Å². The Balaban J connectivity index is 1.85. The van der Waals surface area contributed by atoms with Gasteiger partial charge in [-0.1, -0.05) is 6.07 Å². The predicted octanol–water partition coefficient (Wildman–Crippen LogP) is 2.06. The van der Waals surface area contributed by atoms with Crippen molar-refractivity contribution in [3.63, 3.8) is 0 Å². The van der Waals surface area contributed by atoms with E-state index in [9.17, 15) is 5.11 Å². The number of rotatable bonds is 5. The van der Waals surface area contributed by atoms with Gasteiger partial charge in [-0.3, -0.25) is 0 Å². The van der Waals surface area contributed by atoms with Crippen LogP contribution >= 0.6 is 0 Å². The first kappa shape index (κ1) is 13.2. The van der Waals surface area contributed by atoms with E-state index < -0.39 is 0 Å². The van der Waals surface area contributed by atoms with E-state index in [2.05, 4.69) is 5.32 Å². The maximum absolute atomic E-state index is 9.69. The molecule has 1 aliphatic rings. The van der Waals surface area contributed by atoms with Crippen LogP contribution in [0.2, 0.25) is 0 Å². The normalized spacial score (nSPS) is 23.2. The molecule has 0 heterocycles. The molecule has 0 aliphatic heterocycles. The van der Waals surface area contributed by atoms with Gasteiger partial charge in [0.25, 0.3) is 0 Å². The summed E-state index contributed by atoms with van der Waals surface area (Å²) >= 11 is 0. The van der Waals surface area contributed by atoms with Crippen molar-refractivity contribution in [2.24, 2.45) is 0 Å². The minimum atomic E-state index is 0.193. The third kappa shape index (κ3) is 3.15. The second kappa shape index (κ2) is 6.07. The molecule has 2 N–H and O–H groups in total. The Hall–Kier alpha value is -1.26. The number of hydrogen-bond acceptors (Lipinski definition) is 4. The average molecular weight is 251 g/mol. The molecule has 4 nitrogen and oxygen atoms in total. The second-order valence-corrected chi connectivity index (χ2v) is 4.75. The van der Waals surface area contributed by atoms with E-state index in [1.807, 2.05) is 6.07 Å². The first-order valence-electron chi connectivity index (χ1n) is 6.35. The van der Waals surface area contributed by atoms with E-state index in [1.165, 1.54) is 0 Å². The SMILES string of the molecule is COc1ccc(CNC2CCC(OC)C2)cc1O. The molecular weight excluding hydrogens is 230 g/mol. The van der Waals surface area contributed by atoms with Crippen LogP contribution < -0.4 is 10.1 Å². The molecule has 1 aromatic rings. The Morgan fingerprint density at radius 1 is 1.33 bits per heavy atom. The van der Waals surface area contributed by atoms with Gasteiger partial charge in [-0.25, -0.2) is 0 Å². The molecule has 0 aromatic heterocycles. The van der Waals surface area contributed by atoms with E-state index in [1.54, 1.807) is 26.4 Å². The van der Waals surface area contributed by atoms with Crippen molar-refractivity contribution >= 4 is 0 Å². The van der Waals surface area contributed by atoms with Crippen LogP contribution in [0.4, 0.5) is 0 Å². The number of aromatic hydroxyl groups is 1. The predicted molar refractivity (Wildman–Crippen MR) is 69.9 cm³/mol. The standard InChI is InChI=1S/C14H21NO3/c1-17-12-5-4-11(8-12)15-9-10-3-6-14(18-2)13(16)7-10/h3,6-7,11-12,15-16H,4-5,8-9H2,1-2H3. The van der Waals surface area contributed by atoms with Crippen molar-refractivity contribution in [3.8, 4) is 11.5 Å². The molecule has 18 heavy (non-hydrogen) atoms. The van der Waals surface area contributed by atoms with E-state index in [0.717, 1.165) is 31.4 Å². The van der Waals surface area contributed by atoms with Crippen molar-refractivity contribution < 1.29 is 14.6 Å². The van der Waals surface area contributed by atoms with Crippen molar-refractivity contribution in [2.45, 2.75) is 38.0 Å². The third-order valence-corrected chi connectivity index (χ3v) is 3.56. The van der Waals surface area contributed by atoms with Gasteiger partial charge in [0.1, 0.15) is 0 Å². The molecule has 1 aliphatic carbocycles. The lowest BCUT2D eigenvalue weighted by Gasteiger charge is -2.13. The summed E-state index contributed by atoms with van der Waals surface area (Å²) in [5.74, 6) is 0.706. The molecule has 0 amide bonds. The van der Waals surface area contributed by atoms with Crippen LogP contribution in [-0.2, 0) is 11.3 Å². The molecule has 2 rings (SSSR count). The molecule has 2 unspecified atom stereocenters. The maximum Gasteiger partial charge on any atom is 0.160 e. The summed E-state index contributed by atoms with van der Waals surface area (Å²) < 4.78 is 10.4. The highest BCUT2D eigenvalue weighted by atomic mass is 16.5. The minimum Gasteiger partial charge on any atom is -0.504 e. The summed E-state index contributed by atoms with van der Waals surface area (Å²) in [6, 6.07) is 6.01. The summed E-state index contributed by atoms with van der Waals surface area (Å²) in [5, 5.41) is 13.2. The van der Waals surface area contributed by atoms with E-state index in [0.29, 0.717) is 17.9 Å². The Morgan fingerprint density at radius 3 is 2.78 bits per heavy atom. The van der Waals surface area contributed by atoms with E-state index in [-0.39, 0.29) is 5.75 Å². The lowest BCUT2D eigenvalue weighted by molar-refractivity contribution is 0.107. The summed E-state index contributed by atoms with van der Waals surface area (Å²) in [7, 11) is 3.32. The summed E-state index contributed by atoms with van der Waals surface area (Å²) in [5.41, 5.74) is 1.06. The second-order valence-electron chi connectivity index (χ2n) is 4.75. The first-order valence-corrected chi connectivity index (χ1v) is 6.35. The first-order chi connectivity index (χ1) is 8.72. The number of nitrogens with one attached hydrogen (secondary N) is 1. The van der Waals surface area contributed by atoms with Crippen LogP contribution in [0.3, 0.4) is 0 Å². The van der Waals surface area contributed by atoms with Crippen LogP contribution in [0, 0.1) is 0 Å². The Morgan fingerprint density at radius 2 is 2.17 bits per heavy atom. The molecule has 0 spiro atoms. The molecule has 0 radical (unpaired) electrons. The van der Waals surface area contributed by atoms with Crippen LogP contribution in [-0.4, -0.2) is 31.5 Å². The van der Waals surface area contributed by atoms with Crippen molar-refractivity contribution in [2.75, 3.05) is 14.2 Å². The highest BCUT2D eigenvalue weighted by Gasteiger charge is 2.23. The van der Waals surface area contributed by atoms with Gasteiger partial charge in [-0.05, 0) is 37.0 Å². The van der Waals surface area contributed by atoms with E-state index >= 15 is 0 Å². The van der Waals surface area contributed by atoms with Gasteiger partial charge < -0.3 is 19.9 Å². The number of benzene rings is 1. The molecule has 0 saturated heterocycles. The fourth-order valence-electron chi connectivity index (χ4n) is 2.45. The molecule has 1 aromatic carbocycles. The summed E-state index contributed by atoms with van der Waals surface area (Å²) in [6.07, 6.45) is 3.74. The van der Waals surface area contributed by atoms with Gasteiger partial charge in [0.05, 0.1) is 13.2 Å². The zero-order chi connectivity index (χ0) is 13.0. The highest BCUT2D eigenvalue weighted by molar-refractivity contribution is 5.41. The molecule has 4 heteroatoms. The highest BCUT2D eigenvalue weighted by Crippen LogP contribution is 2.27. The Labute approximate surface area is 108 Å². The minimum absolute atomic E-state index is 0.193. The van der Waals surface area contributed by atoms with Crippen LogP contribution in [0.5, 0.6) is 11.5 Å².